The molecule has 5 heteroatoms. The number of aromatic nitrogens is 1. The number of likely N-dealkylation sites (tertiary alicyclic amines) is 1. The Labute approximate surface area is 128 Å². The van der Waals surface area contributed by atoms with E-state index in [0.29, 0.717) is 25.1 Å². The molecule has 2 aromatic rings. The van der Waals surface area contributed by atoms with E-state index in [9.17, 15) is 9.59 Å². The number of fused-ring (bicyclic) bond motifs is 1. The molecule has 22 heavy (non-hydrogen) atoms. The minimum atomic E-state index is -0.212. The van der Waals surface area contributed by atoms with Crippen LogP contribution in [0.2, 0.25) is 0 Å². The quantitative estimate of drug-likeness (QED) is 0.945. The molecule has 1 aromatic carbocycles. The third kappa shape index (κ3) is 2.76. The van der Waals surface area contributed by atoms with Crippen molar-refractivity contribution < 1.29 is 9.53 Å². The van der Waals surface area contributed by atoms with Gasteiger partial charge >= 0.3 is 0 Å². The van der Waals surface area contributed by atoms with Crippen molar-refractivity contribution in [1.82, 2.24) is 9.88 Å². The predicted molar refractivity (Wildman–Crippen MR) is 85.1 cm³/mol. The Kier molecular flexibility index (Phi) is 4.24. The summed E-state index contributed by atoms with van der Waals surface area (Å²) in [6.45, 7) is 3.83. The zero-order valence-electron chi connectivity index (χ0n) is 12.7. The van der Waals surface area contributed by atoms with Gasteiger partial charge in [-0.15, -0.1) is 0 Å². The molecule has 1 saturated heterocycles. The van der Waals surface area contributed by atoms with Crippen molar-refractivity contribution in [3.63, 3.8) is 0 Å². The normalized spacial score (nSPS) is 18.6. The van der Waals surface area contributed by atoms with E-state index in [1.165, 1.54) is 6.20 Å². The number of pyridine rings is 1. The van der Waals surface area contributed by atoms with E-state index in [2.05, 4.69) is 4.98 Å². The number of rotatable bonds is 3. The molecule has 0 bridgehead atoms. The van der Waals surface area contributed by atoms with Crippen LogP contribution < -0.4 is 5.43 Å². The maximum Gasteiger partial charge on any atom is 0.259 e. The van der Waals surface area contributed by atoms with E-state index in [0.717, 1.165) is 18.4 Å². The number of carbonyl (C=O) groups is 1. The molecule has 2 heterocycles. The first-order valence-electron chi connectivity index (χ1n) is 7.72. The van der Waals surface area contributed by atoms with Gasteiger partial charge in [0.25, 0.3) is 5.91 Å². The lowest BCUT2D eigenvalue weighted by Crippen LogP contribution is -2.44. The fourth-order valence-electron chi connectivity index (χ4n) is 2.99. The zero-order valence-corrected chi connectivity index (χ0v) is 12.7. The van der Waals surface area contributed by atoms with Crippen LogP contribution in [0, 0.1) is 0 Å². The number of para-hydroxylation sites is 1. The molecule has 5 nitrogen and oxygen atoms in total. The van der Waals surface area contributed by atoms with Gasteiger partial charge in [0.1, 0.15) is 5.56 Å². The molecule has 1 atom stereocenters. The van der Waals surface area contributed by atoms with E-state index in [1.54, 1.807) is 17.0 Å². The van der Waals surface area contributed by atoms with Crippen LogP contribution in [0.4, 0.5) is 0 Å². The monoisotopic (exact) mass is 300 g/mol. The lowest BCUT2D eigenvalue weighted by Gasteiger charge is -2.32. The van der Waals surface area contributed by atoms with Gasteiger partial charge < -0.3 is 14.6 Å². The van der Waals surface area contributed by atoms with Crippen molar-refractivity contribution in [2.45, 2.75) is 25.9 Å². The minimum absolute atomic E-state index is 0.0715. The molecule has 1 aliphatic rings. The van der Waals surface area contributed by atoms with E-state index >= 15 is 0 Å². The minimum Gasteiger partial charge on any atom is -0.377 e. The lowest BCUT2D eigenvalue weighted by molar-refractivity contribution is 0.00719. The summed E-state index contributed by atoms with van der Waals surface area (Å²) in [5.41, 5.74) is 0.739. The summed E-state index contributed by atoms with van der Waals surface area (Å²) < 4.78 is 5.62. The summed E-state index contributed by atoms with van der Waals surface area (Å²) in [5, 5.41) is 0.548. The zero-order chi connectivity index (χ0) is 15.5. The number of nitrogens with one attached hydrogen (secondary N) is 1. The Morgan fingerprint density at radius 2 is 2.23 bits per heavy atom. The average Bonchev–Trinajstić information content (AvgIpc) is 2.55. The second-order valence-electron chi connectivity index (χ2n) is 5.55. The van der Waals surface area contributed by atoms with Crippen LogP contribution in [0.3, 0.4) is 0 Å². The lowest BCUT2D eigenvalue weighted by atomic mass is 10.1. The fraction of sp³-hybridized carbons (Fsp3) is 0.412. The topological polar surface area (TPSA) is 62.4 Å². The van der Waals surface area contributed by atoms with Crippen LogP contribution in [0.1, 0.15) is 30.1 Å². The van der Waals surface area contributed by atoms with Crippen molar-refractivity contribution in [3.05, 3.63) is 46.2 Å². The molecule has 1 amide bonds. The molecule has 1 aliphatic heterocycles. The largest absolute Gasteiger partial charge is 0.377 e. The summed E-state index contributed by atoms with van der Waals surface area (Å²) in [4.78, 5) is 29.9. The maximum absolute atomic E-state index is 12.7. The first kappa shape index (κ1) is 14.8. The third-order valence-electron chi connectivity index (χ3n) is 4.09. The first-order valence-corrected chi connectivity index (χ1v) is 7.72. The van der Waals surface area contributed by atoms with Gasteiger partial charge in [0.2, 0.25) is 5.43 Å². The van der Waals surface area contributed by atoms with Crippen molar-refractivity contribution >= 4 is 16.8 Å². The van der Waals surface area contributed by atoms with E-state index in [-0.39, 0.29) is 23.0 Å². The molecule has 0 radical (unpaired) electrons. The van der Waals surface area contributed by atoms with Crippen molar-refractivity contribution in [3.8, 4) is 0 Å². The predicted octanol–water partition coefficient (Wildman–Crippen LogP) is 2.17. The number of amides is 1. The summed E-state index contributed by atoms with van der Waals surface area (Å²) in [7, 11) is 0. The summed E-state index contributed by atoms with van der Waals surface area (Å²) in [6.07, 6.45) is 3.47. The third-order valence-corrected chi connectivity index (χ3v) is 4.09. The van der Waals surface area contributed by atoms with Gasteiger partial charge in [-0.05, 0) is 31.9 Å². The molecule has 0 spiro atoms. The van der Waals surface area contributed by atoms with Crippen LogP contribution in [0.5, 0.6) is 0 Å². The Hall–Kier alpha value is -2.14. The molecule has 0 unspecified atom stereocenters. The van der Waals surface area contributed by atoms with Gasteiger partial charge in [-0.2, -0.15) is 0 Å². The van der Waals surface area contributed by atoms with Crippen LogP contribution in [0.15, 0.2) is 35.3 Å². The Morgan fingerprint density at radius 3 is 3.05 bits per heavy atom. The molecule has 0 aliphatic carbocycles. The molecule has 1 N–H and O–H groups in total. The molecular weight excluding hydrogens is 280 g/mol. The summed E-state index contributed by atoms with van der Waals surface area (Å²) >= 11 is 0. The Morgan fingerprint density at radius 1 is 1.41 bits per heavy atom. The number of hydrogen-bond acceptors (Lipinski definition) is 3. The highest BCUT2D eigenvalue weighted by molar-refractivity contribution is 5.97. The van der Waals surface area contributed by atoms with Gasteiger partial charge in [0, 0.05) is 36.8 Å². The van der Waals surface area contributed by atoms with Gasteiger partial charge in [-0.3, -0.25) is 9.59 Å². The van der Waals surface area contributed by atoms with E-state index in [1.807, 2.05) is 19.1 Å². The van der Waals surface area contributed by atoms with Crippen LogP contribution in [-0.4, -0.2) is 41.6 Å². The molecule has 3 rings (SSSR count). The molecule has 116 valence electrons. The van der Waals surface area contributed by atoms with Crippen LogP contribution in [-0.2, 0) is 4.74 Å². The molecule has 1 aromatic heterocycles. The van der Waals surface area contributed by atoms with Crippen molar-refractivity contribution in [2.24, 2.45) is 0 Å². The Bertz CT molecular complexity index is 736. The number of carbonyl (C=O) groups excluding carboxylic acids is 1. The van der Waals surface area contributed by atoms with Gasteiger partial charge in [-0.1, -0.05) is 12.1 Å². The first-order chi connectivity index (χ1) is 10.7. The van der Waals surface area contributed by atoms with E-state index in [4.69, 9.17) is 4.74 Å². The average molecular weight is 300 g/mol. The second-order valence-corrected chi connectivity index (χ2v) is 5.55. The van der Waals surface area contributed by atoms with Gasteiger partial charge in [0.15, 0.2) is 0 Å². The molecule has 1 fully saturated rings. The number of H-pyrrole nitrogens is 1. The summed E-state index contributed by atoms with van der Waals surface area (Å²) in [6, 6.07) is 7.23. The smallest absolute Gasteiger partial charge is 0.259 e. The maximum atomic E-state index is 12.7. The number of benzene rings is 1. The number of nitrogens with zero attached hydrogens (tertiary/aromatic N) is 1. The second kappa shape index (κ2) is 6.32. The molecule has 0 saturated carbocycles. The Balaban J connectivity index is 1.89. The van der Waals surface area contributed by atoms with Crippen LogP contribution in [0.25, 0.3) is 10.9 Å². The SMILES string of the molecule is CCO[C@@H]1CCCN(C(=O)c2c[nH]c3ccccc3c2=O)C1. The summed E-state index contributed by atoms with van der Waals surface area (Å²) in [5.74, 6) is -0.212. The van der Waals surface area contributed by atoms with Crippen molar-refractivity contribution in [2.75, 3.05) is 19.7 Å². The van der Waals surface area contributed by atoms with Crippen molar-refractivity contribution in [1.29, 1.82) is 0 Å². The van der Waals surface area contributed by atoms with Gasteiger partial charge in [-0.25, -0.2) is 0 Å². The fourth-order valence-corrected chi connectivity index (χ4v) is 2.99. The van der Waals surface area contributed by atoms with Crippen LogP contribution >= 0.6 is 0 Å². The molecular formula is C17H20N2O3. The van der Waals surface area contributed by atoms with E-state index < -0.39 is 0 Å². The highest BCUT2D eigenvalue weighted by atomic mass is 16.5. The number of piperidine rings is 1. The van der Waals surface area contributed by atoms with Gasteiger partial charge in [0.05, 0.1) is 6.10 Å². The number of aromatic amines is 1. The highest BCUT2D eigenvalue weighted by Crippen LogP contribution is 2.16. The highest BCUT2D eigenvalue weighted by Gasteiger charge is 2.26. The standard InChI is InChI=1S/C17H20N2O3/c1-2-22-12-6-5-9-19(11-12)17(21)14-10-18-15-8-4-3-7-13(15)16(14)20/h3-4,7-8,10,12H,2,5-6,9,11H2,1H3,(H,18,20)/t12-/m1/s1. The number of ether oxygens (including phenoxy) is 1. The number of hydrogen-bond donors (Lipinski definition) is 1.